The highest BCUT2D eigenvalue weighted by molar-refractivity contribution is 7.94. The van der Waals surface area contributed by atoms with E-state index in [1.807, 2.05) is 24.3 Å². The Kier molecular flexibility index (Phi) is 3.93. The molecule has 2 aromatic carbocycles. The Morgan fingerprint density at radius 3 is 2.69 bits per heavy atom. The van der Waals surface area contributed by atoms with Crippen molar-refractivity contribution in [1.29, 1.82) is 0 Å². The zero-order valence-corrected chi connectivity index (χ0v) is 15.1. The molecule has 132 valence electrons. The van der Waals surface area contributed by atoms with Gasteiger partial charge in [-0.1, -0.05) is 39.3 Å². The molecule has 0 saturated heterocycles. The number of H-pyrrole nitrogens is 1. The predicted molar refractivity (Wildman–Crippen MR) is 96.9 cm³/mol. The normalized spacial score (nSPS) is 11.8. The third kappa shape index (κ3) is 2.63. The number of hydrogen-bond donors (Lipinski definition) is 1. The van der Waals surface area contributed by atoms with Crippen LogP contribution in [-0.2, 0) is 10.0 Å². The van der Waals surface area contributed by atoms with Gasteiger partial charge in [-0.25, -0.2) is 0 Å². The number of aromatic amines is 1. The average molecular weight is 389 g/mol. The van der Waals surface area contributed by atoms with Crippen LogP contribution in [0, 0.1) is 6.92 Å². The van der Waals surface area contributed by atoms with Crippen molar-refractivity contribution >= 4 is 37.1 Å². The molecule has 0 aliphatic rings. The molecular weight excluding hydrogens is 377 g/mol. The number of nitrogens with zero attached hydrogens (tertiary/aromatic N) is 4. The second-order valence-corrected chi connectivity index (χ2v) is 8.51. The van der Waals surface area contributed by atoms with Gasteiger partial charge in [0.15, 0.2) is 0 Å². The molecular formula is C16H12FN5O2S2. The molecule has 2 heterocycles. The number of thiophene rings is 1. The first-order valence-corrected chi connectivity index (χ1v) is 9.77. The molecule has 0 amide bonds. The number of aryl methyl sites for hydroxylation is 1. The number of anilines is 1. The van der Waals surface area contributed by atoms with Crippen LogP contribution in [0.1, 0.15) is 5.56 Å². The van der Waals surface area contributed by atoms with Crippen molar-refractivity contribution in [2.24, 2.45) is 0 Å². The van der Waals surface area contributed by atoms with Gasteiger partial charge in [-0.15, -0.1) is 21.5 Å². The molecule has 7 nitrogen and oxygen atoms in total. The molecule has 0 unspecified atom stereocenters. The summed E-state index contributed by atoms with van der Waals surface area (Å²) in [5.74, 6) is 0.246. The number of rotatable bonds is 4. The molecule has 1 N–H and O–H groups in total. The summed E-state index contributed by atoms with van der Waals surface area (Å²) in [5.41, 5.74) is 0.842. The van der Waals surface area contributed by atoms with E-state index in [2.05, 4.69) is 20.6 Å². The number of fused-ring (bicyclic) bond motifs is 1. The van der Waals surface area contributed by atoms with E-state index in [0.29, 0.717) is 11.1 Å². The van der Waals surface area contributed by atoms with Crippen LogP contribution in [0.4, 0.5) is 10.2 Å². The van der Waals surface area contributed by atoms with Crippen molar-refractivity contribution in [3.05, 3.63) is 54.1 Å². The summed E-state index contributed by atoms with van der Waals surface area (Å²) in [4.78, 5) is 0. The molecule has 0 saturated carbocycles. The van der Waals surface area contributed by atoms with E-state index in [1.54, 1.807) is 13.0 Å². The van der Waals surface area contributed by atoms with Crippen LogP contribution in [0.25, 0.3) is 21.5 Å². The lowest BCUT2D eigenvalue weighted by Crippen LogP contribution is -2.22. The fourth-order valence-corrected chi connectivity index (χ4v) is 5.51. The Hall–Kier alpha value is -2.85. The summed E-state index contributed by atoms with van der Waals surface area (Å²) in [6.45, 7) is 1.68. The molecule has 0 aliphatic heterocycles. The number of sulfonamides is 1. The highest BCUT2D eigenvalue weighted by Crippen LogP contribution is 2.37. The number of halogens is 1. The van der Waals surface area contributed by atoms with Crippen molar-refractivity contribution in [3.63, 3.8) is 0 Å². The van der Waals surface area contributed by atoms with Crippen molar-refractivity contribution in [2.75, 3.05) is 4.53 Å². The van der Waals surface area contributed by atoms with Gasteiger partial charge in [0.25, 0.3) is 10.0 Å². The SMILES string of the molecule is Cc1c(S(=O)(=O)N(F)c2cccc(-c3nn[nH]n3)c2)sc2ccccc12. The topological polar surface area (TPSA) is 91.8 Å². The maximum atomic E-state index is 14.9. The molecule has 10 heteroatoms. The molecule has 0 radical (unpaired) electrons. The third-order valence-corrected chi connectivity index (χ3v) is 7.25. The molecule has 4 rings (SSSR count). The Morgan fingerprint density at radius 2 is 1.96 bits per heavy atom. The van der Waals surface area contributed by atoms with E-state index in [0.717, 1.165) is 21.4 Å². The van der Waals surface area contributed by atoms with Crippen molar-refractivity contribution < 1.29 is 12.9 Å². The number of aromatic nitrogens is 4. The van der Waals surface area contributed by atoms with E-state index < -0.39 is 10.0 Å². The predicted octanol–water partition coefficient (Wildman–Crippen LogP) is 3.47. The lowest BCUT2D eigenvalue weighted by atomic mass is 10.2. The zero-order valence-electron chi connectivity index (χ0n) is 13.4. The Bertz CT molecular complexity index is 1190. The summed E-state index contributed by atoms with van der Waals surface area (Å²) >= 11 is 1.05. The maximum Gasteiger partial charge on any atom is 0.300 e. The highest BCUT2D eigenvalue weighted by atomic mass is 32.2. The van der Waals surface area contributed by atoms with Crippen LogP contribution in [0.2, 0.25) is 0 Å². The number of benzene rings is 2. The van der Waals surface area contributed by atoms with Crippen molar-refractivity contribution in [1.82, 2.24) is 20.6 Å². The fraction of sp³-hybridized carbons (Fsp3) is 0.0625. The summed E-state index contributed by atoms with van der Waals surface area (Å²) in [5, 5.41) is 14.2. The molecule has 0 aliphatic carbocycles. The maximum absolute atomic E-state index is 14.9. The molecule has 0 bridgehead atoms. The van der Waals surface area contributed by atoms with Gasteiger partial charge < -0.3 is 0 Å². The van der Waals surface area contributed by atoms with E-state index in [4.69, 9.17) is 0 Å². The quantitative estimate of drug-likeness (QED) is 0.540. The van der Waals surface area contributed by atoms with E-state index in [-0.39, 0.29) is 20.2 Å². The monoisotopic (exact) mass is 389 g/mol. The second kappa shape index (κ2) is 6.15. The fourth-order valence-electron chi connectivity index (χ4n) is 2.65. The van der Waals surface area contributed by atoms with Crippen molar-refractivity contribution in [2.45, 2.75) is 11.1 Å². The average Bonchev–Trinajstić information content (AvgIpc) is 3.30. The molecule has 0 spiro atoms. The Morgan fingerprint density at radius 1 is 1.15 bits per heavy atom. The van der Waals surface area contributed by atoms with Crippen molar-refractivity contribution in [3.8, 4) is 11.4 Å². The van der Waals surface area contributed by atoms with Gasteiger partial charge in [0, 0.05) is 10.3 Å². The van der Waals surface area contributed by atoms with E-state index in [9.17, 15) is 12.9 Å². The number of nitrogens with one attached hydrogen (secondary N) is 1. The van der Waals surface area contributed by atoms with Crippen LogP contribution in [0.15, 0.2) is 52.7 Å². The number of tetrazole rings is 1. The Labute approximate surface area is 152 Å². The van der Waals surface area contributed by atoms with Gasteiger partial charge in [0.05, 0.1) is 5.69 Å². The third-order valence-electron chi connectivity index (χ3n) is 3.90. The first-order valence-electron chi connectivity index (χ1n) is 7.51. The molecule has 2 aromatic heterocycles. The Balaban J connectivity index is 1.78. The number of hydrogen-bond acceptors (Lipinski definition) is 6. The van der Waals surface area contributed by atoms with Gasteiger partial charge in [0.2, 0.25) is 5.82 Å². The summed E-state index contributed by atoms with van der Waals surface area (Å²) < 4.78 is 41.1. The van der Waals surface area contributed by atoms with Crippen LogP contribution >= 0.6 is 11.3 Å². The van der Waals surface area contributed by atoms with Gasteiger partial charge in [-0.05, 0) is 41.3 Å². The van der Waals surface area contributed by atoms with Crippen LogP contribution in [0.3, 0.4) is 0 Å². The van der Waals surface area contributed by atoms with Gasteiger partial charge in [-0.2, -0.15) is 13.6 Å². The van der Waals surface area contributed by atoms with E-state index >= 15 is 0 Å². The second-order valence-electron chi connectivity index (χ2n) is 5.52. The minimum Gasteiger partial charge on any atom is -0.198 e. The molecule has 26 heavy (non-hydrogen) atoms. The summed E-state index contributed by atoms with van der Waals surface area (Å²) in [7, 11) is -4.35. The summed E-state index contributed by atoms with van der Waals surface area (Å²) in [6, 6.07) is 13.1. The minimum atomic E-state index is -4.35. The minimum absolute atomic E-state index is 0.0221. The van der Waals surface area contributed by atoms with Gasteiger partial charge in [-0.3, -0.25) is 0 Å². The smallest absolute Gasteiger partial charge is 0.198 e. The molecule has 0 fully saturated rings. The lowest BCUT2D eigenvalue weighted by Gasteiger charge is -2.14. The zero-order chi connectivity index (χ0) is 18.3. The lowest BCUT2D eigenvalue weighted by molar-refractivity contribution is 0.496. The largest absolute Gasteiger partial charge is 0.300 e. The van der Waals surface area contributed by atoms with E-state index in [1.165, 1.54) is 18.2 Å². The molecule has 0 atom stereocenters. The standard InChI is InChI=1S/C16H12FN5O2S2/c1-10-13-7-2-3-8-14(13)25-16(10)26(23,24)22(17)12-6-4-5-11(9-12)15-18-20-21-19-15/h2-9H,1H3,(H,18,19,20,21). The van der Waals surface area contributed by atoms with Gasteiger partial charge in [0.1, 0.15) is 4.21 Å². The van der Waals surface area contributed by atoms with Crippen LogP contribution < -0.4 is 4.53 Å². The summed E-state index contributed by atoms with van der Waals surface area (Å²) in [6.07, 6.45) is 0. The van der Waals surface area contributed by atoms with Crippen LogP contribution in [-0.4, -0.2) is 29.0 Å². The van der Waals surface area contributed by atoms with Crippen LogP contribution in [0.5, 0.6) is 0 Å². The molecule has 4 aromatic rings. The first-order chi connectivity index (χ1) is 12.5. The first kappa shape index (κ1) is 16.6. The van der Waals surface area contributed by atoms with Gasteiger partial charge >= 0.3 is 0 Å². The highest BCUT2D eigenvalue weighted by Gasteiger charge is 2.30.